The highest BCUT2D eigenvalue weighted by Gasteiger charge is 2.23. The molecule has 1 aromatic rings. The summed E-state index contributed by atoms with van der Waals surface area (Å²) in [4.78, 5) is 22.2. The molecule has 19 heavy (non-hydrogen) atoms. The first-order valence-corrected chi connectivity index (χ1v) is 6.90. The number of carbonyl (C=O) groups excluding carboxylic acids is 1. The molecule has 1 atom stereocenters. The van der Waals surface area contributed by atoms with Crippen molar-refractivity contribution in [2.75, 3.05) is 19.7 Å². The van der Waals surface area contributed by atoms with Crippen LogP contribution >= 0.6 is 11.6 Å². The van der Waals surface area contributed by atoms with Gasteiger partial charge in [-0.05, 0) is 37.4 Å². The minimum atomic E-state index is -0.101. The fraction of sp³-hybridized carbons (Fsp3) is 0.615. The lowest BCUT2D eigenvalue weighted by molar-refractivity contribution is 0.0457. The van der Waals surface area contributed by atoms with E-state index in [9.17, 15) is 4.79 Å². The molecule has 1 saturated heterocycles. The number of aryl methyl sites for hydroxylation is 1. The van der Waals surface area contributed by atoms with Crippen LogP contribution in [0.1, 0.15) is 35.9 Å². The molecule has 1 aliphatic rings. The monoisotopic (exact) mass is 283 g/mol. The van der Waals surface area contributed by atoms with Gasteiger partial charge in [-0.15, -0.1) is 0 Å². The maximum Gasteiger partial charge on any atom is 0.272 e. The topological polar surface area (TPSA) is 55.3 Å². The lowest BCUT2D eigenvalue weighted by Crippen LogP contribution is -2.37. The van der Waals surface area contributed by atoms with Crippen LogP contribution in [0.25, 0.3) is 0 Å². The molecule has 2 heterocycles. The van der Waals surface area contributed by atoms with Gasteiger partial charge in [-0.25, -0.2) is 9.97 Å². The number of aromatic nitrogens is 2. The standard InChI is InChI=1S/C13H18ClN3O2/c1-3-10-8-17(5-4-6-19-10)12(18)11-7-9(2)15-13(14)16-11/h7,10H,3-6,8H2,1-2H3. The van der Waals surface area contributed by atoms with Crippen molar-refractivity contribution in [1.82, 2.24) is 14.9 Å². The zero-order chi connectivity index (χ0) is 13.8. The molecule has 0 saturated carbocycles. The quantitative estimate of drug-likeness (QED) is 0.780. The van der Waals surface area contributed by atoms with Crippen molar-refractivity contribution in [3.05, 3.63) is 22.7 Å². The van der Waals surface area contributed by atoms with Gasteiger partial charge in [0.2, 0.25) is 5.28 Å². The van der Waals surface area contributed by atoms with Gasteiger partial charge in [0.25, 0.3) is 5.91 Å². The molecule has 1 amide bonds. The van der Waals surface area contributed by atoms with Crippen LogP contribution < -0.4 is 0 Å². The number of hydrogen-bond acceptors (Lipinski definition) is 4. The third-order valence-electron chi connectivity index (χ3n) is 3.14. The van der Waals surface area contributed by atoms with Gasteiger partial charge in [0.15, 0.2) is 0 Å². The normalized spacial score (nSPS) is 20.2. The highest BCUT2D eigenvalue weighted by molar-refractivity contribution is 6.28. The van der Waals surface area contributed by atoms with E-state index in [2.05, 4.69) is 16.9 Å². The molecule has 1 fully saturated rings. The average Bonchev–Trinajstić information content (AvgIpc) is 2.62. The Labute approximate surface area is 117 Å². The molecular weight excluding hydrogens is 266 g/mol. The largest absolute Gasteiger partial charge is 0.376 e. The number of carbonyl (C=O) groups is 1. The highest BCUT2D eigenvalue weighted by atomic mass is 35.5. The van der Waals surface area contributed by atoms with Crippen molar-refractivity contribution in [3.63, 3.8) is 0 Å². The first-order valence-electron chi connectivity index (χ1n) is 6.52. The maximum absolute atomic E-state index is 12.4. The van der Waals surface area contributed by atoms with Crippen LogP contribution in [0.2, 0.25) is 5.28 Å². The predicted molar refractivity (Wildman–Crippen MR) is 72.3 cm³/mol. The molecule has 5 nitrogen and oxygen atoms in total. The fourth-order valence-electron chi connectivity index (χ4n) is 2.13. The van der Waals surface area contributed by atoms with Gasteiger partial charge >= 0.3 is 0 Å². The summed E-state index contributed by atoms with van der Waals surface area (Å²) in [5, 5.41) is 0.112. The molecule has 0 bridgehead atoms. The van der Waals surface area contributed by atoms with Gasteiger partial charge in [-0.3, -0.25) is 4.79 Å². The summed E-state index contributed by atoms with van der Waals surface area (Å²) in [6.45, 7) is 5.85. The molecule has 0 radical (unpaired) electrons. The van der Waals surface area contributed by atoms with E-state index in [1.807, 2.05) is 0 Å². The van der Waals surface area contributed by atoms with Gasteiger partial charge in [0.05, 0.1) is 6.10 Å². The second-order valence-corrected chi connectivity index (χ2v) is 5.01. The van der Waals surface area contributed by atoms with E-state index in [1.165, 1.54) is 0 Å². The predicted octanol–water partition coefficient (Wildman–Crippen LogP) is 2.08. The van der Waals surface area contributed by atoms with Gasteiger partial charge in [-0.1, -0.05) is 6.92 Å². The van der Waals surface area contributed by atoms with Crippen LogP contribution in [0.5, 0.6) is 0 Å². The second-order valence-electron chi connectivity index (χ2n) is 4.67. The SMILES string of the molecule is CCC1CN(C(=O)c2cc(C)nc(Cl)n2)CCCO1. The Kier molecular flexibility index (Phi) is 4.71. The molecule has 1 aromatic heterocycles. The van der Waals surface area contributed by atoms with Gasteiger partial charge in [0.1, 0.15) is 5.69 Å². The van der Waals surface area contributed by atoms with Crippen molar-refractivity contribution >= 4 is 17.5 Å². The van der Waals surface area contributed by atoms with Crippen molar-refractivity contribution in [2.45, 2.75) is 32.8 Å². The molecule has 0 aliphatic carbocycles. The van der Waals surface area contributed by atoms with Crippen molar-refractivity contribution < 1.29 is 9.53 Å². The molecule has 104 valence electrons. The first kappa shape index (κ1) is 14.2. The summed E-state index contributed by atoms with van der Waals surface area (Å²) in [6.07, 6.45) is 1.85. The molecule has 0 spiro atoms. The summed E-state index contributed by atoms with van der Waals surface area (Å²) in [6, 6.07) is 1.67. The highest BCUT2D eigenvalue weighted by Crippen LogP contribution is 2.13. The van der Waals surface area contributed by atoms with E-state index in [4.69, 9.17) is 16.3 Å². The Balaban J connectivity index is 2.17. The number of amides is 1. The van der Waals surface area contributed by atoms with Crippen molar-refractivity contribution in [2.24, 2.45) is 0 Å². The average molecular weight is 284 g/mol. The third-order valence-corrected chi connectivity index (χ3v) is 3.31. The van der Waals surface area contributed by atoms with E-state index in [0.717, 1.165) is 12.8 Å². The van der Waals surface area contributed by atoms with Gasteiger partial charge in [-0.2, -0.15) is 0 Å². The summed E-state index contributed by atoms with van der Waals surface area (Å²) in [5.74, 6) is -0.101. The first-order chi connectivity index (χ1) is 9.10. The number of hydrogen-bond donors (Lipinski definition) is 0. The fourth-order valence-corrected chi connectivity index (χ4v) is 2.35. The van der Waals surface area contributed by atoms with Crippen LogP contribution in [0.3, 0.4) is 0 Å². The number of ether oxygens (including phenoxy) is 1. The minimum Gasteiger partial charge on any atom is -0.376 e. The molecule has 2 rings (SSSR count). The Morgan fingerprint density at radius 3 is 3.05 bits per heavy atom. The Bertz CT molecular complexity index is 447. The van der Waals surface area contributed by atoms with Crippen molar-refractivity contribution in [3.8, 4) is 0 Å². The van der Waals surface area contributed by atoms with Crippen LogP contribution in [-0.2, 0) is 4.74 Å². The van der Waals surface area contributed by atoms with E-state index in [1.54, 1.807) is 17.9 Å². The molecule has 1 aliphatic heterocycles. The second kappa shape index (κ2) is 6.30. The van der Waals surface area contributed by atoms with Crippen LogP contribution in [0.15, 0.2) is 6.07 Å². The van der Waals surface area contributed by atoms with E-state index in [-0.39, 0.29) is 17.3 Å². The van der Waals surface area contributed by atoms with Crippen LogP contribution in [-0.4, -0.2) is 46.6 Å². The van der Waals surface area contributed by atoms with E-state index in [0.29, 0.717) is 31.1 Å². The molecule has 0 aromatic carbocycles. The Morgan fingerprint density at radius 1 is 1.58 bits per heavy atom. The molecule has 0 N–H and O–H groups in total. The Hall–Kier alpha value is -1.20. The third kappa shape index (κ3) is 3.64. The van der Waals surface area contributed by atoms with Crippen LogP contribution in [0.4, 0.5) is 0 Å². The zero-order valence-electron chi connectivity index (χ0n) is 11.2. The minimum absolute atomic E-state index is 0.101. The summed E-state index contributed by atoms with van der Waals surface area (Å²) in [7, 11) is 0. The number of nitrogens with zero attached hydrogens (tertiary/aromatic N) is 3. The smallest absolute Gasteiger partial charge is 0.272 e. The zero-order valence-corrected chi connectivity index (χ0v) is 12.0. The molecular formula is C13H18ClN3O2. The van der Waals surface area contributed by atoms with E-state index >= 15 is 0 Å². The van der Waals surface area contributed by atoms with Gasteiger partial charge < -0.3 is 9.64 Å². The van der Waals surface area contributed by atoms with Crippen molar-refractivity contribution in [1.29, 1.82) is 0 Å². The number of rotatable bonds is 2. The maximum atomic E-state index is 12.4. The lowest BCUT2D eigenvalue weighted by Gasteiger charge is -2.23. The van der Waals surface area contributed by atoms with Crippen LogP contribution in [0, 0.1) is 6.92 Å². The van der Waals surface area contributed by atoms with Gasteiger partial charge in [0, 0.05) is 25.4 Å². The molecule has 6 heteroatoms. The summed E-state index contributed by atoms with van der Waals surface area (Å²) < 4.78 is 5.66. The molecule has 1 unspecified atom stereocenters. The summed E-state index contributed by atoms with van der Waals surface area (Å²) >= 11 is 5.80. The Morgan fingerprint density at radius 2 is 2.37 bits per heavy atom. The summed E-state index contributed by atoms with van der Waals surface area (Å²) in [5.41, 5.74) is 1.05. The lowest BCUT2D eigenvalue weighted by atomic mass is 10.2. The van der Waals surface area contributed by atoms with E-state index < -0.39 is 0 Å². The number of halogens is 1.